The van der Waals surface area contributed by atoms with Crippen molar-refractivity contribution in [1.82, 2.24) is 4.98 Å². The Bertz CT molecular complexity index is 1220. The Hall–Kier alpha value is -3.39. The van der Waals surface area contributed by atoms with E-state index in [0.29, 0.717) is 25.9 Å². The van der Waals surface area contributed by atoms with Gasteiger partial charge in [0.15, 0.2) is 0 Å². The number of primary amides is 1. The molecule has 1 aromatic heterocycles. The zero-order valence-electron chi connectivity index (χ0n) is 17.8. The molecule has 2 aromatic carbocycles. The highest BCUT2D eigenvalue weighted by atomic mass is 32.2. The molecule has 7 nitrogen and oxygen atoms in total. The van der Waals surface area contributed by atoms with E-state index in [1.807, 2.05) is 48.2 Å². The standard InChI is InChI=1S/C24H25N3O4S/c1-17-7-10-20(11-8-17)32(29,30)23-24(27-15-13-19(14-16-27)22(25)28)31-21(26-23)12-9-18-5-3-2-4-6-18/h2-12,19H,13-16H2,1H3,(H2,25,28). The summed E-state index contributed by atoms with van der Waals surface area (Å²) >= 11 is 0. The van der Waals surface area contributed by atoms with E-state index in [0.717, 1.165) is 11.1 Å². The molecule has 0 radical (unpaired) electrons. The average Bonchev–Trinajstić information content (AvgIpc) is 3.24. The van der Waals surface area contributed by atoms with Crippen LogP contribution >= 0.6 is 0 Å². The lowest BCUT2D eigenvalue weighted by molar-refractivity contribution is -0.122. The molecule has 166 valence electrons. The number of nitrogens with two attached hydrogens (primary N) is 1. The summed E-state index contributed by atoms with van der Waals surface area (Å²) in [6.07, 6.45) is 4.55. The number of carbonyl (C=O) groups is 1. The molecule has 1 fully saturated rings. The Balaban J connectivity index is 1.71. The Morgan fingerprint density at radius 1 is 1.06 bits per heavy atom. The topological polar surface area (TPSA) is 106 Å². The smallest absolute Gasteiger partial charge is 0.236 e. The van der Waals surface area contributed by atoms with E-state index in [1.54, 1.807) is 30.3 Å². The van der Waals surface area contributed by atoms with E-state index in [-0.39, 0.29) is 33.5 Å². The monoisotopic (exact) mass is 451 g/mol. The first kappa shape index (κ1) is 21.8. The number of oxazole rings is 1. The molecule has 0 aliphatic carbocycles. The van der Waals surface area contributed by atoms with Gasteiger partial charge in [-0.2, -0.15) is 4.98 Å². The van der Waals surface area contributed by atoms with Crippen LogP contribution in [0.3, 0.4) is 0 Å². The van der Waals surface area contributed by atoms with E-state index < -0.39 is 9.84 Å². The van der Waals surface area contributed by atoms with Gasteiger partial charge in [0, 0.05) is 25.1 Å². The van der Waals surface area contributed by atoms with Gasteiger partial charge in [-0.05, 0) is 43.5 Å². The summed E-state index contributed by atoms with van der Waals surface area (Å²) in [5, 5.41) is -0.119. The first-order chi connectivity index (χ1) is 15.3. The van der Waals surface area contributed by atoms with E-state index >= 15 is 0 Å². The quantitative estimate of drug-likeness (QED) is 0.613. The summed E-state index contributed by atoms with van der Waals surface area (Å²) in [6.45, 7) is 2.81. The molecule has 1 saturated heterocycles. The molecule has 0 unspecified atom stereocenters. The molecule has 1 amide bonds. The van der Waals surface area contributed by atoms with Crippen LogP contribution in [-0.2, 0) is 14.6 Å². The third kappa shape index (κ3) is 4.60. The second-order valence-electron chi connectivity index (χ2n) is 7.89. The van der Waals surface area contributed by atoms with Crippen LogP contribution in [0.15, 0.2) is 68.9 Å². The number of rotatable bonds is 6. The highest BCUT2D eigenvalue weighted by molar-refractivity contribution is 7.91. The second kappa shape index (κ2) is 9.00. The summed E-state index contributed by atoms with van der Waals surface area (Å²) in [4.78, 5) is 17.9. The van der Waals surface area contributed by atoms with Crippen molar-refractivity contribution in [3.05, 3.63) is 71.6 Å². The van der Waals surface area contributed by atoms with Gasteiger partial charge in [0.25, 0.3) is 0 Å². The number of hydrogen-bond acceptors (Lipinski definition) is 6. The SMILES string of the molecule is Cc1ccc(S(=O)(=O)c2nc(C=Cc3ccccc3)oc2N2CCC(C(N)=O)CC2)cc1. The van der Waals surface area contributed by atoms with Gasteiger partial charge in [0.2, 0.25) is 32.5 Å². The number of sulfone groups is 1. The predicted molar refractivity (Wildman–Crippen MR) is 123 cm³/mol. The molecule has 0 bridgehead atoms. The number of benzene rings is 2. The zero-order chi connectivity index (χ0) is 22.7. The maximum absolute atomic E-state index is 13.4. The Morgan fingerprint density at radius 3 is 2.34 bits per heavy atom. The van der Waals surface area contributed by atoms with E-state index in [4.69, 9.17) is 10.2 Å². The molecule has 4 rings (SSSR count). The average molecular weight is 452 g/mol. The zero-order valence-corrected chi connectivity index (χ0v) is 18.6. The van der Waals surface area contributed by atoms with E-state index in [1.165, 1.54) is 0 Å². The lowest BCUT2D eigenvalue weighted by Gasteiger charge is -2.30. The minimum absolute atomic E-state index is 0.119. The number of amides is 1. The van der Waals surface area contributed by atoms with E-state index in [9.17, 15) is 13.2 Å². The summed E-state index contributed by atoms with van der Waals surface area (Å²) < 4.78 is 32.8. The van der Waals surface area contributed by atoms with Gasteiger partial charge < -0.3 is 15.1 Å². The maximum Gasteiger partial charge on any atom is 0.236 e. The largest absolute Gasteiger partial charge is 0.420 e. The van der Waals surface area contributed by atoms with Crippen LogP contribution in [0.4, 0.5) is 5.88 Å². The third-order valence-corrected chi connectivity index (χ3v) is 7.25. The van der Waals surface area contributed by atoms with Gasteiger partial charge in [-0.25, -0.2) is 8.42 Å². The van der Waals surface area contributed by atoms with Crippen molar-refractivity contribution < 1.29 is 17.6 Å². The van der Waals surface area contributed by atoms with Crippen LogP contribution in [-0.4, -0.2) is 32.4 Å². The molecule has 2 N–H and O–H groups in total. The van der Waals surface area contributed by atoms with Gasteiger partial charge >= 0.3 is 0 Å². The van der Waals surface area contributed by atoms with Gasteiger partial charge in [-0.1, -0.05) is 48.0 Å². The van der Waals surface area contributed by atoms with Crippen LogP contribution in [0, 0.1) is 12.8 Å². The fraction of sp³-hybridized carbons (Fsp3) is 0.250. The van der Waals surface area contributed by atoms with Crippen molar-refractivity contribution in [2.45, 2.75) is 29.7 Å². The summed E-state index contributed by atoms with van der Waals surface area (Å²) in [5.74, 6) is -0.155. The molecule has 3 aromatic rings. The van der Waals surface area contributed by atoms with Crippen molar-refractivity contribution in [2.75, 3.05) is 18.0 Å². The third-order valence-electron chi connectivity index (χ3n) is 5.58. The Kier molecular flexibility index (Phi) is 6.14. The van der Waals surface area contributed by atoms with Crippen molar-refractivity contribution in [3.63, 3.8) is 0 Å². The fourth-order valence-corrected chi connectivity index (χ4v) is 5.02. The van der Waals surface area contributed by atoms with Crippen molar-refractivity contribution in [3.8, 4) is 0 Å². The summed E-state index contributed by atoms with van der Waals surface area (Å²) in [7, 11) is -3.90. The van der Waals surface area contributed by atoms with Gasteiger partial charge in [0.05, 0.1) is 4.90 Å². The van der Waals surface area contributed by atoms with E-state index in [2.05, 4.69) is 4.98 Å². The van der Waals surface area contributed by atoms with Crippen molar-refractivity contribution >= 4 is 33.8 Å². The lowest BCUT2D eigenvalue weighted by Crippen LogP contribution is -2.38. The summed E-state index contributed by atoms with van der Waals surface area (Å²) in [6, 6.07) is 16.3. The molecule has 0 spiro atoms. The lowest BCUT2D eigenvalue weighted by atomic mass is 9.96. The molecule has 0 atom stereocenters. The van der Waals surface area contributed by atoms with Crippen LogP contribution < -0.4 is 10.6 Å². The number of carbonyl (C=O) groups excluding carboxylic acids is 1. The van der Waals surface area contributed by atoms with Crippen LogP contribution in [0.25, 0.3) is 12.2 Å². The second-order valence-corrected chi connectivity index (χ2v) is 9.75. The number of hydrogen-bond donors (Lipinski definition) is 1. The first-order valence-electron chi connectivity index (χ1n) is 10.4. The minimum Gasteiger partial charge on any atom is -0.420 e. The van der Waals surface area contributed by atoms with Crippen LogP contribution in [0.2, 0.25) is 0 Å². The molecule has 1 aliphatic rings. The fourth-order valence-electron chi connectivity index (χ4n) is 3.69. The molecule has 1 aliphatic heterocycles. The van der Waals surface area contributed by atoms with Crippen LogP contribution in [0.5, 0.6) is 0 Å². The molecular formula is C24H25N3O4S. The van der Waals surface area contributed by atoms with Gasteiger partial charge in [0.1, 0.15) is 0 Å². The Morgan fingerprint density at radius 2 is 1.72 bits per heavy atom. The predicted octanol–water partition coefficient (Wildman–Crippen LogP) is 3.69. The molecule has 0 saturated carbocycles. The highest BCUT2D eigenvalue weighted by Crippen LogP contribution is 2.34. The maximum atomic E-state index is 13.4. The number of aryl methyl sites for hydroxylation is 1. The summed E-state index contributed by atoms with van der Waals surface area (Å²) in [5.41, 5.74) is 7.34. The number of piperidine rings is 1. The normalized spacial score (nSPS) is 15.3. The minimum atomic E-state index is -3.90. The van der Waals surface area contributed by atoms with Crippen molar-refractivity contribution in [2.24, 2.45) is 11.7 Å². The number of anilines is 1. The Labute approximate surface area is 187 Å². The van der Waals surface area contributed by atoms with Crippen molar-refractivity contribution in [1.29, 1.82) is 0 Å². The number of aromatic nitrogens is 1. The molecule has 8 heteroatoms. The van der Waals surface area contributed by atoms with Gasteiger partial charge in [-0.15, -0.1) is 0 Å². The van der Waals surface area contributed by atoms with Gasteiger partial charge in [-0.3, -0.25) is 4.79 Å². The first-order valence-corrected chi connectivity index (χ1v) is 11.9. The highest BCUT2D eigenvalue weighted by Gasteiger charge is 2.33. The molecule has 32 heavy (non-hydrogen) atoms. The molecule has 2 heterocycles. The van der Waals surface area contributed by atoms with Crippen LogP contribution in [0.1, 0.15) is 29.9 Å². The molecular weight excluding hydrogens is 426 g/mol. The number of nitrogens with zero attached hydrogens (tertiary/aromatic N) is 2.